The van der Waals surface area contributed by atoms with E-state index in [2.05, 4.69) is 24.1 Å². The van der Waals surface area contributed by atoms with Gasteiger partial charge in [-0.3, -0.25) is 0 Å². The topological polar surface area (TPSA) is 48.7 Å². The van der Waals surface area contributed by atoms with Crippen LogP contribution in [-0.4, -0.2) is 11.0 Å². The van der Waals surface area contributed by atoms with E-state index < -0.39 is 0 Å². The number of anilines is 1. The molecule has 1 unspecified atom stereocenters. The number of hydrogen-bond donors (Lipinski definition) is 1. The van der Waals surface area contributed by atoms with Crippen LogP contribution in [0, 0.1) is 11.3 Å². The van der Waals surface area contributed by atoms with Crippen LogP contribution < -0.4 is 5.32 Å². The number of nitrogens with zero attached hydrogens (tertiary/aromatic N) is 2. The van der Waals surface area contributed by atoms with Gasteiger partial charge in [-0.05, 0) is 13.3 Å². The molecule has 1 heterocycles. The summed E-state index contributed by atoms with van der Waals surface area (Å²) in [6, 6.07) is 2.35. The van der Waals surface area contributed by atoms with E-state index in [0.717, 1.165) is 11.6 Å². The Hall–Kier alpha value is -0.790. The van der Waals surface area contributed by atoms with E-state index in [9.17, 15) is 0 Å². The van der Waals surface area contributed by atoms with Gasteiger partial charge in [-0.15, -0.1) is 0 Å². The Kier molecular flexibility index (Phi) is 3.52. The van der Waals surface area contributed by atoms with Crippen LogP contribution >= 0.6 is 22.9 Å². The van der Waals surface area contributed by atoms with Gasteiger partial charge in [0.1, 0.15) is 10.9 Å². The molecule has 0 amide bonds. The molecule has 0 saturated heterocycles. The van der Waals surface area contributed by atoms with Crippen LogP contribution in [0.2, 0.25) is 5.15 Å². The summed E-state index contributed by atoms with van der Waals surface area (Å²) >= 11 is 7.00. The molecule has 1 atom stereocenters. The van der Waals surface area contributed by atoms with E-state index in [4.69, 9.17) is 16.9 Å². The molecule has 3 nitrogen and oxygen atoms in total. The minimum atomic E-state index is 0.290. The van der Waals surface area contributed by atoms with E-state index in [0.29, 0.717) is 16.1 Å². The van der Waals surface area contributed by atoms with Crippen molar-refractivity contribution in [2.75, 3.05) is 5.32 Å². The molecule has 0 aliphatic rings. The van der Waals surface area contributed by atoms with Crippen molar-refractivity contribution < 1.29 is 0 Å². The highest BCUT2D eigenvalue weighted by molar-refractivity contribution is 7.16. The fourth-order valence-corrected chi connectivity index (χ4v) is 1.80. The maximum absolute atomic E-state index is 8.63. The standard InChI is InChI=1S/C8H10ClN3S/c1-3-5(2)11-8-12-7(9)6(4-10)13-8/h5H,3H2,1-2H3,(H,11,12). The Morgan fingerprint density at radius 2 is 2.46 bits per heavy atom. The van der Waals surface area contributed by atoms with Crippen molar-refractivity contribution in [2.45, 2.75) is 26.3 Å². The summed E-state index contributed by atoms with van der Waals surface area (Å²) in [5.41, 5.74) is 0. The maximum Gasteiger partial charge on any atom is 0.185 e. The van der Waals surface area contributed by atoms with Crippen LogP contribution in [-0.2, 0) is 0 Å². The summed E-state index contributed by atoms with van der Waals surface area (Å²) < 4.78 is 0. The predicted octanol–water partition coefficient (Wildman–Crippen LogP) is 2.88. The molecule has 1 aromatic heterocycles. The summed E-state index contributed by atoms with van der Waals surface area (Å²) in [7, 11) is 0. The van der Waals surface area contributed by atoms with Gasteiger partial charge in [-0.1, -0.05) is 29.9 Å². The van der Waals surface area contributed by atoms with Crippen LogP contribution in [0.3, 0.4) is 0 Å². The molecule has 0 saturated carbocycles. The molecular weight excluding hydrogens is 206 g/mol. The van der Waals surface area contributed by atoms with Crippen LogP contribution in [0.5, 0.6) is 0 Å². The van der Waals surface area contributed by atoms with Gasteiger partial charge in [0.25, 0.3) is 0 Å². The molecule has 0 aliphatic carbocycles. The molecule has 13 heavy (non-hydrogen) atoms. The Labute approximate surface area is 86.4 Å². The van der Waals surface area contributed by atoms with Gasteiger partial charge in [-0.2, -0.15) is 5.26 Å². The molecule has 0 aliphatic heterocycles. The number of halogens is 1. The molecule has 0 aromatic carbocycles. The number of aromatic nitrogens is 1. The molecule has 1 rings (SSSR count). The van der Waals surface area contributed by atoms with Gasteiger partial charge < -0.3 is 5.32 Å². The van der Waals surface area contributed by atoms with Crippen LogP contribution in [0.1, 0.15) is 25.1 Å². The molecule has 0 fully saturated rings. The summed E-state index contributed by atoms with van der Waals surface area (Å²) in [6.45, 7) is 4.14. The molecule has 1 N–H and O–H groups in total. The summed E-state index contributed by atoms with van der Waals surface area (Å²) in [5.74, 6) is 0. The lowest BCUT2D eigenvalue weighted by Gasteiger charge is -2.08. The lowest BCUT2D eigenvalue weighted by molar-refractivity contribution is 0.763. The Balaban J connectivity index is 2.75. The number of nitriles is 1. The highest BCUT2D eigenvalue weighted by Gasteiger charge is 2.09. The van der Waals surface area contributed by atoms with Gasteiger partial charge in [0.2, 0.25) is 0 Å². The first kappa shape index (κ1) is 10.3. The van der Waals surface area contributed by atoms with Crippen molar-refractivity contribution in [3.63, 3.8) is 0 Å². The zero-order valence-corrected chi connectivity index (χ0v) is 9.04. The first-order valence-electron chi connectivity index (χ1n) is 4.00. The second-order valence-electron chi connectivity index (χ2n) is 2.70. The largest absolute Gasteiger partial charge is 0.359 e. The van der Waals surface area contributed by atoms with Crippen LogP contribution in [0.15, 0.2) is 0 Å². The number of rotatable bonds is 3. The normalized spacial score (nSPS) is 12.2. The smallest absolute Gasteiger partial charge is 0.185 e. The van der Waals surface area contributed by atoms with E-state index in [1.54, 1.807) is 0 Å². The molecular formula is C8H10ClN3S. The fourth-order valence-electron chi connectivity index (χ4n) is 0.745. The van der Waals surface area contributed by atoms with Gasteiger partial charge in [0, 0.05) is 6.04 Å². The molecule has 0 radical (unpaired) electrons. The molecule has 0 bridgehead atoms. The quantitative estimate of drug-likeness (QED) is 0.844. The van der Waals surface area contributed by atoms with Gasteiger partial charge >= 0.3 is 0 Å². The van der Waals surface area contributed by atoms with Crippen molar-refractivity contribution in [1.29, 1.82) is 5.26 Å². The van der Waals surface area contributed by atoms with E-state index in [1.165, 1.54) is 11.3 Å². The van der Waals surface area contributed by atoms with Crippen molar-refractivity contribution in [3.8, 4) is 6.07 Å². The van der Waals surface area contributed by atoms with Gasteiger partial charge in [0.15, 0.2) is 10.3 Å². The molecule has 0 spiro atoms. The van der Waals surface area contributed by atoms with Crippen molar-refractivity contribution >= 4 is 28.1 Å². The molecule has 1 aromatic rings. The second-order valence-corrected chi connectivity index (χ2v) is 4.06. The van der Waals surface area contributed by atoms with Gasteiger partial charge in [-0.25, -0.2) is 4.98 Å². The Bertz CT molecular complexity index is 329. The lowest BCUT2D eigenvalue weighted by atomic mass is 10.3. The lowest BCUT2D eigenvalue weighted by Crippen LogP contribution is -2.12. The van der Waals surface area contributed by atoms with Crippen LogP contribution in [0.4, 0.5) is 5.13 Å². The second kappa shape index (κ2) is 4.45. The maximum atomic E-state index is 8.63. The van der Waals surface area contributed by atoms with Crippen molar-refractivity contribution in [1.82, 2.24) is 4.98 Å². The zero-order chi connectivity index (χ0) is 9.84. The summed E-state index contributed by atoms with van der Waals surface area (Å²) in [4.78, 5) is 4.48. The highest BCUT2D eigenvalue weighted by atomic mass is 35.5. The number of nitrogens with one attached hydrogen (secondary N) is 1. The molecule has 70 valence electrons. The fraction of sp³-hybridized carbons (Fsp3) is 0.500. The van der Waals surface area contributed by atoms with Crippen LogP contribution in [0.25, 0.3) is 0 Å². The van der Waals surface area contributed by atoms with E-state index in [-0.39, 0.29) is 0 Å². The first-order chi connectivity index (χ1) is 6.17. The van der Waals surface area contributed by atoms with Gasteiger partial charge in [0.05, 0.1) is 0 Å². The number of hydrogen-bond acceptors (Lipinski definition) is 4. The monoisotopic (exact) mass is 215 g/mol. The third-order valence-electron chi connectivity index (χ3n) is 1.67. The number of thiazole rings is 1. The minimum absolute atomic E-state index is 0.290. The third-order valence-corrected chi connectivity index (χ3v) is 2.95. The van der Waals surface area contributed by atoms with E-state index >= 15 is 0 Å². The minimum Gasteiger partial charge on any atom is -0.359 e. The zero-order valence-electron chi connectivity index (χ0n) is 7.47. The Morgan fingerprint density at radius 1 is 1.77 bits per heavy atom. The first-order valence-corrected chi connectivity index (χ1v) is 5.19. The highest BCUT2D eigenvalue weighted by Crippen LogP contribution is 2.26. The SMILES string of the molecule is CCC(C)Nc1nc(Cl)c(C#N)s1. The third kappa shape index (κ3) is 2.58. The summed E-state index contributed by atoms with van der Waals surface area (Å²) in [5, 5.41) is 12.8. The predicted molar refractivity (Wildman–Crippen MR) is 55.2 cm³/mol. The molecule has 5 heteroatoms. The van der Waals surface area contributed by atoms with Crippen molar-refractivity contribution in [3.05, 3.63) is 10.0 Å². The van der Waals surface area contributed by atoms with E-state index in [1.807, 2.05) is 6.07 Å². The summed E-state index contributed by atoms with van der Waals surface area (Å²) in [6.07, 6.45) is 1.01. The average Bonchev–Trinajstić information content (AvgIpc) is 2.46. The van der Waals surface area contributed by atoms with Crippen molar-refractivity contribution in [2.24, 2.45) is 0 Å². The average molecular weight is 216 g/mol. The Morgan fingerprint density at radius 3 is 2.92 bits per heavy atom.